The lowest BCUT2D eigenvalue weighted by Gasteiger charge is -2.39. The molecule has 5 nitrogen and oxygen atoms in total. The van der Waals surface area contributed by atoms with Crippen LogP contribution in [0.2, 0.25) is 0 Å². The molecule has 0 bridgehead atoms. The molecule has 3 heterocycles. The fraction of sp³-hybridized carbons (Fsp3) is 0.400. The molecule has 1 saturated heterocycles. The first-order valence-electron chi connectivity index (χ1n) is 10.9. The zero-order valence-corrected chi connectivity index (χ0v) is 18.9. The van der Waals surface area contributed by atoms with Crippen molar-refractivity contribution in [3.8, 4) is 0 Å². The molecule has 1 aliphatic rings. The predicted octanol–water partition coefficient (Wildman–Crippen LogP) is 5.48. The zero-order valence-electron chi connectivity index (χ0n) is 18.9. The van der Waals surface area contributed by atoms with Crippen molar-refractivity contribution in [3.05, 3.63) is 60.7 Å². The van der Waals surface area contributed by atoms with Crippen molar-refractivity contribution in [2.24, 2.45) is 0 Å². The van der Waals surface area contributed by atoms with E-state index in [0.29, 0.717) is 11.9 Å². The van der Waals surface area contributed by atoms with E-state index >= 15 is 0 Å². The van der Waals surface area contributed by atoms with Crippen LogP contribution in [0.5, 0.6) is 0 Å². The first-order chi connectivity index (χ1) is 14.7. The molecule has 31 heavy (non-hydrogen) atoms. The summed E-state index contributed by atoms with van der Waals surface area (Å²) in [4.78, 5) is 12.2. The van der Waals surface area contributed by atoms with Crippen LogP contribution in [0, 0.1) is 5.95 Å². The lowest BCUT2D eigenvalue weighted by molar-refractivity contribution is 0.294. The lowest BCUT2D eigenvalue weighted by Crippen LogP contribution is -2.43. The topological polar surface area (TPSA) is 47.2 Å². The summed E-state index contributed by atoms with van der Waals surface area (Å²) >= 11 is 0. The van der Waals surface area contributed by atoms with Crippen LogP contribution in [-0.2, 0) is 0 Å². The minimum atomic E-state index is -0.453. The number of aromatic nitrogens is 2. The Morgan fingerprint density at radius 1 is 1.19 bits per heavy atom. The second-order valence-corrected chi connectivity index (χ2v) is 9.43. The average Bonchev–Trinajstić information content (AvgIpc) is 3.17. The van der Waals surface area contributed by atoms with E-state index in [1.165, 1.54) is 11.5 Å². The molecule has 0 saturated carbocycles. The van der Waals surface area contributed by atoms with E-state index in [-0.39, 0.29) is 5.54 Å². The Hall–Kier alpha value is -3.02. The molecule has 1 aromatic carbocycles. The number of rotatable bonds is 5. The van der Waals surface area contributed by atoms with E-state index in [9.17, 15) is 4.39 Å². The molecule has 0 aliphatic carbocycles. The molecule has 0 atom stereocenters. The standard InChI is InChI=1S/C25H32FN5/c1-17(22-16-18-8-6-7-9-20(18)27-22)31-14-12-19(13-15-31)30(5)24-21(29-25(2,3)4)10-11-23(26)28-24/h6-11,16,19,27,29H,1,12-15H2,2-5H3. The molecule has 0 unspecified atom stereocenters. The number of benzene rings is 1. The second-order valence-electron chi connectivity index (χ2n) is 9.43. The van der Waals surface area contributed by atoms with Gasteiger partial charge in [-0.1, -0.05) is 24.8 Å². The number of likely N-dealkylation sites (tertiary alicyclic amines) is 1. The fourth-order valence-corrected chi connectivity index (χ4v) is 4.29. The van der Waals surface area contributed by atoms with E-state index in [1.807, 2.05) is 19.2 Å². The molecule has 1 fully saturated rings. The Balaban J connectivity index is 1.45. The molecule has 0 spiro atoms. The minimum Gasteiger partial charge on any atom is -0.377 e. The number of nitrogens with one attached hydrogen (secondary N) is 2. The number of hydrogen-bond acceptors (Lipinski definition) is 4. The highest BCUT2D eigenvalue weighted by Gasteiger charge is 2.27. The van der Waals surface area contributed by atoms with Gasteiger partial charge in [0.15, 0.2) is 5.82 Å². The Morgan fingerprint density at radius 3 is 2.58 bits per heavy atom. The molecule has 164 valence electrons. The van der Waals surface area contributed by atoms with Gasteiger partial charge in [-0.3, -0.25) is 0 Å². The number of aromatic amines is 1. The summed E-state index contributed by atoms with van der Waals surface area (Å²) in [5.74, 6) is 0.216. The highest BCUT2D eigenvalue weighted by Crippen LogP contribution is 2.31. The SMILES string of the molecule is C=C(c1cc2ccccc2[nH]1)N1CCC(N(C)c2nc(F)ccc2NC(C)(C)C)CC1. The van der Waals surface area contributed by atoms with Gasteiger partial charge >= 0.3 is 0 Å². The maximum atomic E-state index is 14.0. The molecular formula is C25H32FN5. The smallest absolute Gasteiger partial charge is 0.214 e. The van der Waals surface area contributed by atoms with Crippen LogP contribution in [0.4, 0.5) is 15.9 Å². The van der Waals surface area contributed by atoms with Gasteiger partial charge < -0.3 is 20.1 Å². The van der Waals surface area contributed by atoms with Crippen LogP contribution in [0.1, 0.15) is 39.3 Å². The van der Waals surface area contributed by atoms with Gasteiger partial charge in [-0.05, 0) is 57.9 Å². The first-order valence-corrected chi connectivity index (χ1v) is 10.9. The first kappa shape index (κ1) is 21.2. The third kappa shape index (κ3) is 4.68. The largest absolute Gasteiger partial charge is 0.377 e. The third-order valence-electron chi connectivity index (χ3n) is 5.92. The van der Waals surface area contributed by atoms with Crippen LogP contribution >= 0.6 is 0 Å². The van der Waals surface area contributed by atoms with Crippen LogP contribution in [0.15, 0.2) is 49.0 Å². The van der Waals surface area contributed by atoms with Gasteiger partial charge in [0.1, 0.15) is 0 Å². The van der Waals surface area contributed by atoms with Crippen molar-refractivity contribution in [1.82, 2.24) is 14.9 Å². The Morgan fingerprint density at radius 2 is 1.90 bits per heavy atom. The monoisotopic (exact) mass is 421 g/mol. The molecule has 3 aromatic rings. The summed E-state index contributed by atoms with van der Waals surface area (Å²) in [7, 11) is 2.02. The van der Waals surface area contributed by atoms with Gasteiger partial charge in [0.2, 0.25) is 5.95 Å². The number of hydrogen-bond donors (Lipinski definition) is 2. The van der Waals surface area contributed by atoms with Crippen molar-refractivity contribution in [2.75, 3.05) is 30.4 Å². The van der Waals surface area contributed by atoms with Crippen molar-refractivity contribution >= 4 is 28.1 Å². The normalized spacial score (nSPS) is 15.3. The third-order valence-corrected chi connectivity index (χ3v) is 5.92. The molecule has 1 aliphatic heterocycles. The molecular weight excluding hydrogens is 389 g/mol. The van der Waals surface area contributed by atoms with E-state index in [0.717, 1.165) is 48.5 Å². The molecule has 0 amide bonds. The van der Waals surface area contributed by atoms with Crippen molar-refractivity contribution in [3.63, 3.8) is 0 Å². The second kappa shape index (κ2) is 8.25. The quantitative estimate of drug-likeness (QED) is 0.535. The summed E-state index contributed by atoms with van der Waals surface area (Å²) in [6.45, 7) is 12.4. The summed E-state index contributed by atoms with van der Waals surface area (Å²) in [6.07, 6.45) is 1.92. The zero-order chi connectivity index (χ0) is 22.2. The van der Waals surface area contributed by atoms with E-state index < -0.39 is 5.95 Å². The number of H-pyrrole nitrogens is 1. The Labute approximate surface area is 184 Å². The minimum absolute atomic E-state index is 0.129. The highest BCUT2D eigenvalue weighted by atomic mass is 19.1. The van der Waals surface area contributed by atoms with Crippen LogP contribution in [0.25, 0.3) is 16.6 Å². The number of halogens is 1. The van der Waals surface area contributed by atoms with Crippen molar-refractivity contribution in [2.45, 2.75) is 45.2 Å². The van der Waals surface area contributed by atoms with E-state index in [4.69, 9.17) is 0 Å². The summed E-state index contributed by atoms with van der Waals surface area (Å²) in [5.41, 5.74) is 3.95. The average molecular weight is 422 g/mol. The van der Waals surface area contributed by atoms with Crippen molar-refractivity contribution in [1.29, 1.82) is 0 Å². The Bertz CT molecular complexity index is 1040. The number of fused-ring (bicyclic) bond motifs is 1. The van der Waals surface area contributed by atoms with Gasteiger partial charge in [0.25, 0.3) is 0 Å². The number of para-hydroxylation sites is 1. The van der Waals surface area contributed by atoms with E-state index in [2.05, 4.69) is 70.6 Å². The van der Waals surface area contributed by atoms with Gasteiger partial charge in [-0.25, -0.2) is 4.98 Å². The number of anilines is 2. The predicted molar refractivity (Wildman–Crippen MR) is 128 cm³/mol. The number of pyridine rings is 1. The molecule has 0 radical (unpaired) electrons. The Kier molecular flexibility index (Phi) is 5.65. The van der Waals surface area contributed by atoms with E-state index in [1.54, 1.807) is 6.07 Å². The molecule has 2 aromatic heterocycles. The van der Waals surface area contributed by atoms with Gasteiger partial charge in [0, 0.05) is 42.6 Å². The van der Waals surface area contributed by atoms with Gasteiger partial charge in [-0.2, -0.15) is 4.39 Å². The van der Waals surface area contributed by atoms with Crippen molar-refractivity contribution < 1.29 is 4.39 Å². The number of piperidine rings is 1. The van der Waals surface area contributed by atoms with Crippen LogP contribution < -0.4 is 10.2 Å². The summed E-state index contributed by atoms with van der Waals surface area (Å²) in [6, 6.07) is 13.9. The van der Waals surface area contributed by atoms with Crippen LogP contribution in [0.3, 0.4) is 0 Å². The van der Waals surface area contributed by atoms with Crippen LogP contribution in [-0.4, -0.2) is 46.6 Å². The molecule has 2 N–H and O–H groups in total. The summed E-state index contributed by atoms with van der Waals surface area (Å²) < 4.78 is 14.0. The maximum absolute atomic E-state index is 14.0. The van der Waals surface area contributed by atoms with Gasteiger partial charge in [0.05, 0.1) is 17.1 Å². The molecule has 6 heteroatoms. The molecule has 4 rings (SSSR count). The van der Waals surface area contributed by atoms with Gasteiger partial charge in [-0.15, -0.1) is 0 Å². The fourth-order valence-electron chi connectivity index (χ4n) is 4.29. The summed E-state index contributed by atoms with van der Waals surface area (Å²) in [5, 5.41) is 4.66. The number of nitrogens with zero attached hydrogens (tertiary/aromatic N) is 3. The lowest BCUT2D eigenvalue weighted by atomic mass is 10.0. The highest BCUT2D eigenvalue weighted by molar-refractivity contribution is 5.84. The maximum Gasteiger partial charge on any atom is 0.214 e.